The van der Waals surface area contributed by atoms with Crippen molar-refractivity contribution in [3.63, 3.8) is 0 Å². The van der Waals surface area contributed by atoms with Crippen LogP contribution in [0.2, 0.25) is 0 Å². The molecule has 0 aromatic heterocycles. The van der Waals surface area contributed by atoms with Gasteiger partial charge in [0.15, 0.2) is 0 Å². The van der Waals surface area contributed by atoms with Crippen molar-refractivity contribution in [3.8, 4) is 0 Å². The standard InChI is InChI=1S/6Cr.21O.2Sb/q;;;;;;;;;;;;;;;;;;;;;6*-1;2*+3. The first kappa shape index (κ1) is 41.3. The summed E-state index contributed by atoms with van der Waals surface area (Å²) < 4.78 is 177. The Hall–Kier alpha value is 2.07. The van der Waals surface area contributed by atoms with Gasteiger partial charge in [-0.2, -0.15) is 0 Å². The van der Waals surface area contributed by atoms with Gasteiger partial charge >= 0.3 is 210 Å². The molecule has 0 N–H and O–H groups in total. The Labute approximate surface area is 206 Å². The summed E-state index contributed by atoms with van der Waals surface area (Å²) in [6, 6.07) is 0. The predicted octanol–water partition coefficient (Wildman–Crippen LogP) is -9.54. The van der Waals surface area contributed by atoms with Gasteiger partial charge in [0.2, 0.25) is 0 Å². The van der Waals surface area contributed by atoms with Crippen LogP contribution in [0, 0.1) is 0 Å². The van der Waals surface area contributed by atoms with Gasteiger partial charge in [-0.25, -0.2) is 0 Å². The predicted molar refractivity (Wildman–Crippen MR) is 23.0 cm³/mol. The second-order valence-corrected chi connectivity index (χ2v) is 13.6. The van der Waals surface area contributed by atoms with Crippen LogP contribution in [-0.4, -0.2) is 48.9 Å². The molecule has 29 heavy (non-hydrogen) atoms. The average molecular weight is 891 g/mol. The van der Waals surface area contributed by atoms with E-state index in [0.717, 1.165) is 0 Å². The maximum atomic E-state index is 9.38. The molecule has 0 spiro atoms. The van der Waals surface area contributed by atoms with Gasteiger partial charge < -0.3 is 0 Å². The molecule has 0 unspecified atom stereocenters. The summed E-state index contributed by atoms with van der Waals surface area (Å²) in [5.41, 5.74) is 0. The molecule has 0 saturated heterocycles. The molecule has 0 rings (SSSR count). The van der Waals surface area contributed by atoms with Crippen molar-refractivity contribution in [2.45, 2.75) is 0 Å². The zero-order valence-electron chi connectivity index (χ0n) is 11.9. The number of rotatable bonds is 6. The van der Waals surface area contributed by atoms with Crippen molar-refractivity contribution in [1.82, 2.24) is 0 Å². The van der Waals surface area contributed by atoms with Gasteiger partial charge in [-0.15, -0.1) is 0 Å². The van der Waals surface area contributed by atoms with E-state index < -0.39 is 81.7 Å². The third-order valence-corrected chi connectivity index (χ3v) is 8.50. The third-order valence-electron chi connectivity index (χ3n) is 0.500. The minimum atomic E-state index is -6.07. The molecule has 0 aliphatic heterocycles. The van der Waals surface area contributed by atoms with Crippen molar-refractivity contribution in [3.05, 3.63) is 0 Å². The van der Waals surface area contributed by atoms with Gasteiger partial charge in [-0.3, -0.25) is 0 Å². The quantitative estimate of drug-likeness (QED) is 0.223. The normalized spacial score (nSPS) is 12.6. The Morgan fingerprint density at radius 1 is 0.310 bits per heavy atom. The first-order valence-corrected chi connectivity index (χ1v) is 16.5. The zero-order chi connectivity index (χ0) is 23.1. The summed E-state index contributed by atoms with van der Waals surface area (Å²) in [4.78, 5) is 0. The van der Waals surface area contributed by atoms with Gasteiger partial charge in [-0.05, 0) is 0 Å². The largest absolute Gasteiger partial charge is 3.00 e. The zero-order valence-corrected chi connectivity index (χ0v) is 24.7. The van der Waals surface area contributed by atoms with Gasteiger partial charge in [0.25, 0.3) is 0 Å². The maximum Gasteiger partial charge on any atom is 3.00 e. The first-order valence-electron chi connectivity index (χ1n) is 4.00. The second-order valence-electron chi connectivity index (χ2n) is 2.65. The SMILES string of the molecule is [O]=[Cr](=[O])([O-])[O][Cr](=[O])(=[O])[O-].[O]=[Cr](=[O])([O-])[O][Cr](=[O])(=[O])[O-].[O]=[Cr](=[O])([O-])[O][Cr](=[O])(=[O])[O-].[Sb+3].[Sb+3]. The molecular weight excluding hydrogens is 891 g/mol. The van der Waals surface area contributed by atoms with E-state index in [4.69, 9.17) is 0 Å². The number of hydrogen-bond acceptors (Lipinski definition) is 21. The molecule has 0 saturated carbocycles. The van der Waals surface area contributed by atoms with E-state index in [0.29, 0.717) is 0 Å². The van der Waals surface area contributed by atoms with Crippen molar-refractivity contribution < 1.29 is 161 Å². The van der Waals surface area contributed by atoms with Gasteiger partial charge in [0.1, 0.15) is 0 Å². The van der Waals surface area contributed by atoms with Crippen LogP contribution >= 0.6 is 0 Å². The molecule has 0 atom stereocenters. The molecule has 29 heteroatoms. The smallest absolute Gasteiger partial charge is 3.00 e. The van der Waals surface area contributed by atoms with Crippen LogP contribution in [0.1, 0.15) is 0 Å². The molecule has 4 radical (unpaired) electrons. The Morgan fingerprint density at radius 3 is 0.379 bits per heavy atom. The summed E-state index contributed by atoms with van der Waals surface area (Å²) in [7, 11) is 0. The summed E-state index contributed by atoms with van der Waals surface area (Å²) >= 11 is -36.4. The van der Waals surface area contributed by atoms with E-state index >= 15 is 0 Å². The van der Waals surface area contributed by atoms with Crippen molar-refractivity contribution in [2.75, 3.05) is 0 Å². The Balaban J connectivity index is -0.0000000960. The third kappa shape index (κ3) is 58.8. The molecule has 0 aromatic carbocycles. The fourth-order valence-electron chi connectivity index (χ4n) is 0.306. The molecule has 0 aromatic rings. The van der Waals surface area contributed by atoms with E-state index in [1.807, 2.05) is 0 Å². The summed E-state index contributed by atoms with van der Waals surface area (Å²) in [5, 5.41) is 0. The summed E-state index contributed by atoms with van der Waals surface area (Å²) in [6.45, 7) is 0. The van der Waals surface area contributed by atoms with Crippen LogP contribution in [0.25, 0.3) is 0 Å². The minimum absolute atomic E-state index is 0. The molecule has 172 valence electrons. The molecule has 21 nitrogen and oxygen atoms in total. The molecule has 0 aliphatic carbocycles. The van der Waals surface area contributed by atoms with Crippen LogP contribution in [0.4, 0.5) is 0 Å². The van der Waals surface area contributed by atoms with Gasteiger partial charge in [0, 0.05) is 0 Å². The fraction of sp³-hybridized carbons (Fsp3) is 0. The minimum Gasteiger partial charge on any atom is 3.00 e. The second kappa shape index (κ2) is 15.1. The van der Waals surface area contributed by atoms with Gasteiger partial charge in [0.05, 0.1) is 0 Å². The van der Waals surface area contributed by atoms with Gasteiger partial charge in [-0.1, -0.05) is 0 Å². The van der Waals surface area contributed by atoms with Crippen molar-refractivity contribution in [2.24, 2.45) is 0 Å². The van der Waals surface area contributed by atoms with Crippen LogP contribution in [0.5, 0.6) is 0 Å². The summed E-state index contributed by atoms with van der Waals surface area (Å²) in [5.74, 6) is 0. The molecule has 0 amide bonds. The van der Waals surface area contributed by atoms with Crippen LogP contribution < -0.4 is 24.9 Å². The Bertz CT molecular complexity index is 854. The van der Waals surface area contributed by atoms with E-state index in [-0.39, 0.29) is 48.9 Å². The maximum absolute atomic E-state index is 9.38. The van der Waals surface area contributed by atoms with E-state index in [9.17, 15) is 70.6 Å². The van der Waals surface area contributed by atoms with Crippen LogP contribution in [0.3, 0.4) is 0 Å². The monoisotopic (exact) mass is 889 g/mol. The molecule has 0 bridgehead atoms. The van der Waals surface area contributed by atoms with Crippen LogP contribution in [-0.2, 0) is 136 Å². The fourth-order valence-corrected chi connectivity index (χ4v) is 5.21. The van der Waals surface area contributed by atoms with E-state index in [1.54, 1.807) is 0 Å². The molecule has 0 fully saturated rings. The summed E-state index contributed by atoms with van der Waals surface area (Å²) in [6.07, 6.45) is 0. The van der Waals surface area contributed by atoms with E-state index in [2.05, 4.69) is 8.52 Å². The van der Waals surface area contributed by atoms with Crippen molar-refractivity contribution >= 4 is 48.9 Å². The topological polar surface area (TPSA) is 371 Å². The molecular formula is Cr6O21Sb2. The molecule has 0 aliphatic rings. The first-order chi connectivity index (χ1) is 11.1. The molecule has 0 heterocycles. The average Bonchev–Trinajstić information content (AvgIpc) is 1.96. The van der Waals surface area contributed by atoms with Crippen LogP contribution in [0.15, 0.2) is 0 Å². The number of hydrogen-bond donors (Lipinski definition) is 0. The Morgan fingerprint density at radius 2 is 0.379 bits per heavy atom. The van der Waals surface area contributed by atoms with Crippen molar-refractivity contribution in [1.29, 1.82) is 0 Å². The Kier molecular flexibility index (Phi) is 21.5. The van der Waals surface area contributed by atoms with E-state index in [1.165, 1.54) is 0 Å².